The zero-order valence-electron chi connectivity index (χ0n) is 13.0. The number of fused-ring (bicyclic) bond motifs is 1. The van der Waals surface area contributed by atoms with Crippen LogP contribution in [0.5, 0.6) is 0 Å². The molecule has 2 aromatic rings. The average Bonchev–Trinajstić information content (AvgIpc) is 2.83. The number of rotatable bonds is 2. The van der Waals surface area contributed by atoms with Crippen LogP contribution in [0, 0.1) is 6.92 Å². The van der Waals surface area contributed by atoms with E-state index in [4.69, 9.17) is 4.98 Å². The first-order chi connectivity index (χ1) is 10.9. The first kappa shape index (κ1) is 15.4. The summed E-state index contributed by atoms with van der Waals surface area (Å²) in [6.07, 6.45) is 7.69. The Hall–Kier alpha value is -1.08. The molecule has 1 aliphatic heterocycles. The lowest BCUT2D eigenvalue weighted by molar-refractivity contribution is -0.150. The largest absolute Gasteiger partial charge is 0.299 e. The maximum atomic E-state index is 13.0. The van der Waals surface area contributed by atoms with Gasteiger partial charge in [-0.15, -0.1) is 0 Å². The second-order valence-electron chi connectivity index (χ2n) is 6.76. The van der Waals surface area contributed by atoms with E-state index >= 15 is 0 Å². The normalized spacial score (nSPS) is 28.0. The lowest BCUT2D eigenvalue weighted by Gasteiger charge is -2.46. The quantitative estimate of drug-likeness (QED) is 0.789. The van der Waals surface area contributed by atoms with Crippen LogP contribution >= 0.6 is 15.9 Å². The van der Waals surface area contributed by atoms with E-state index in [0.29, 0.717) is 12.0 Å². The molecule has 0 aromatic carbocycles. The number of nitrogens with zero attached hydrogens (tertiary/aromatic N) is 4. The van der Waals surface area contributed by atoms with Gasteiger partial charge in [0.25, 0.3) is 5.92 Å². The third kappa shape index (κ3) is 2.67. The molecular weight excluding hydrogens is 366 g/mol. The van der Waals surface area contributed by atoms with E-state index < -0.39 is 5.92 Å². The summed E-state index contributed by atoms with van der Waals surface area (Å²) >= 11 is 3.54. The van der Waals surface area contributed by atoms with Gasteiger partial charge in [0.2, 0.25) is 0 Å². The summed E-state index contributed by atoms with van der Waals surface area (Å²) in [4.78, 5) is 11.0. The minimum atomic E-state index is -2.47. The smallest absolute Gasteiger partial charge is 0.272 e. The molecule has 3 heterocycles. The average molecular weight is 385 g/mol. The minimum absolute atomic E-state index is 0.0644. The van der Waals surface area contributed by atoms with Crippen LogP contribution in [0.1, 0.15) is 43.1 Å². The van der Waals surface area contributed by atoms with E-state index in [9.17, 15) is 8.78 Å². The van der Waals surface area contributed by atoms with E-state index in [2.05, 4.69) is 25.3 Å². The molecule has 2 aliphatic rings. The van der Waals surface area contributed by atoms with Gasteiger partial charge in [-0.1, -0.05) is 0 Å². The molecule has 4 nitrogen and oxygen atoms in total. The van der Waals surface area contributed by atoms with Crippen molar-refractivity contribution in [3.63, 3.8) is 0 Å². The van der Waals surface area contributed by atoms with Crippen molar-refractivity contribution < 1.29 is 8.78 Å². The number of alkyl halides is 2. The van der Waals surface area contributed by atoms with Crippen LogP contribution in [0.2, 0.25) is 0 Å². The van der Waals surface area contributed by atoms with Crippen LogP contribution in [-0.2, 0) is 0 Å². The molecule has 4 rings (SSSR count). The zero-order valence-corrected chi connectivity index (χ0v) is 14.6. The highest BCUT2D eigenvalue weighted by molar-refractivity contribution is 9.10. The second kappa shape index (κ2) is 5.48. The molecule has 0 radical (unpaired) electrons. The molecule has 2 fully saturated rings. The van der Waals surface area contributed by atoms with Gasteiger partial charge in [0, 0.05) is 24.4 Å². The molecule has 0 N–H and O–H groups in total. The molecule has 1 saturated heterocycles. The van der Waals surface area contributed by atoms with Crippen molar-refractivity contribution in [2.75, 3.05) is 13.1 Å². The topological polar surface area (TPSA) is 33.4 Å². The second-order valence-corrected chi connectivity index (χ2v) is 7.51. The first-order valence-corrected chi connectivity index (χ1v) is 8.85. The van der Waals surface area contributed by atoms with Crippen LogP contribution in [0.4, 0.5) is 8.78 Å². The van der Waals surface area contributed by atoms with Gasteiger partial charge < -0.3 is 0 Å². The van der Waals surface area contributed by atoms with Crippen molar-refractivity contribution in [2.45, 2.75) is 50.5 Å². The number of imidazole rings is 1. The molecule has 2 aromatic heterocycles. The summed E-state index contributed by atoms with van der Waals surface area (Å²) in [5.41, 5.74) is 1.97. The van der Waals surface area contributed by atoms with E-state index in [1.807, 2.05) is 18.0 Å². The molecular formula is C16H19BrF2N4. The fourth-order valence-electron chi connectivity index (χ4n) is 3.96. The Morgan fingerprint density at radius 1 is 1.22 bits per heavy atom. The standard InChI is InChI=1S/C16H19BrF2N4/c1-10-13-14(17)21-15(23(13)7-6-20-10)11-2-4-12(5-3-11)22-8-16(18,19)9-22/h6-7,11-12H,2-5,8-9H2,1H3/t11-,12-. The van der Waals surface area contributed by atoms with Gasteiger partial charge in [-0.05, 0) is 48.5 Å². The van der Waals surface area contributed by atoms with Gasteiger partial charge in [-0.25, -0.2) is 13.8 Å². The summed E-state index contributed by atoms with van der Waals surface area (Å²) in [5.74, 6) is -1.02. The highest BCUT2D eigenvalue weighted by Crippen LogP contribution is 2.39. The molecule has 1 aliphatic carbocycles. The van der Waals surface area contributed by atoms with Gasteiger partial charge in [0.1, 0.15) is 15.9 Å². The Bertz CT molecular complexity index is 729. The number of likely N-dealkylation sites (tertiary alicyclic amines) is 1. The Morgan fingerprint density at radius 3 is 2.57 bits per heavy atom. The van der Waals surface area contributed by atoms with Crippen LogP contribution in [0.15, 0.2) is 17.0 Å². The lowest BCUT2D eigenvalue weighted by atomic mass is 9.83. The van der Waals surface area contributed by atoms with Gasteiger partial charge in [0.15, 0.2) is 0 Å². The van der Waals surface area contributed by atoms with Gasteiger partial charge in [-0.3, -0.25) is 14.3 Å². The van der Waals surface area contributed by atoms with Crippen LogP contribution < -0.4 is 0 Å². The minimum Gasteiger partial charge on any atom is -0.299 e. The van der Waals surface area contributed by atoms with E-state index in [-0.39, 0.29) is 13.1 Å². The number of aryl methyl sites for hydroxylation is 1. The Morgan fingerprint density at radius 2 is 1.91 bits per heavy atom. The molecule has 23 heavy (non-hydrogen) atoms. The van der Waals surface area contributed by atoms with Crippen molar-refractivity contribution in [2.24, 2.45) is 0 Å². The Kier molecular flexibility index (Phi) is 3.68. The van der Waals surface area contributed by atoms with Crippen LogP contribution in [-0.4, -0.2) is 44.3 Å². The van der Waals surface area contributed by atoms with Gasteiger partial charge in [-0.2, -0.15) is 0 Å². The van der Waals surface area contributed by atoms with Crippen LogP contribution in [0.3, 0.4) is 0 Å². The number of hydrogen-bond donors (Lipinski definition) is 0. The van der Waals surface area contributed by atoms with Crippen molar-refractivity contribution in [1.29, 1.82) is 0 Å². The molecule has 7 heteroatoms. The maximum absolute atomic E-state index is 13.0. The summed E-state index contributed by atoms with van der Waals surface area (Å²) in [6, 6.07) is 0.309. The summed E-state index contributed by atoms with van der Waals surface area (Å²) in [5, 5.41) is 0. The highest BCUT2D eigenvalue weighted by Gasteiger charge is 2.47. The van der Waals surface area contributed by atoms with Crippen molar-refractivity contribution in [1.82, 2.24) is 19.3 Å². The lowest BCUT2D eigenvalue weighted by Crippen LogP contribution is -2.60. The Balaban J connectivity index is 1.50. The monoisotopic (exact) mass is 384 g/mol. The third-order valence-electron chi connectivity index (χ3n) is 5.17. The molecule has 124 valence electrons. The third-order valence-corrected chi connectivity index (χ3v) is 5.72. The molecule has 0 unspecified atom stereocenters. The van der Waals surface area contributed by atoms with Gasteiger partial charge in [0.05, 0.1) is 18.8 Å². The molecule has 1 saturated carbocycles. The summed E-state index contributed by atoms with van der Waals surface area (Å²) in [6.45, 7) is 1.85. The van der Waals surface area contributed by atoms with Crippen molar-refractivity contribution in [3.05, 3.63) is 28.5 Å². The van der Waals surface area contributed by atoms with Crippen molar-refractivity contribution in [3.8, 4) is 0 Å². The summed E-state index contributed by atoms with van der Waals surface area (Å²) in [7, 11) is 0. The van der Waals surface area contributed by atoms with E-state index in [1.165, 1.54) is 0 Å². The van der Waals surface area contributed by atoms with E-state index in [1.54, 1.807) is 6.20 Å². The molecule has 0 bridgehead atoms. The highest BCUT2D eigenvalue weighted by atomic mass is 79.9. The predicted molar refractivity (Wildman–Crippen MR) is 86.9 cm³/mol. The molecule has 0 amide bonds. The maximum Gasteiger partial charge on any atom is 0.272 e. The number of aromatic nitrogens is 3. The fourth-order valence-corrected chi connectivity index (χ4v) is 4.62. The fraction of sp³-hybridized carbons (Fsp3) is 0.625. The number of hydrogen-bond acceptors (Lipinski definition) is 3. The van der Waals surface area contributed by atoms with Crippen LogP contribution in [0.25, 0.3) is 5.52 Å². The SMILES string of the molecule is Cc1nccn2c1c(Br)nc2[C@H]1CC[C@H](N2CC(F)(F)C2)CC1. The Labute approximate surface area is 142 Å². The predicted octanol–water partition coefficient (Wildman–Crippen LogP) is 3.78. The van der Waals surface area contributed by atoms with E-state index in [0.717, 1.165) is 47.3 Å². The zero-order chi connectivity index (χ0) is 16.2. The first-order valence-electron chi connectivity index (χ1n) is 8.05. The van der Waals surface area contributed by atoms with Crippen molar-refractivity contribution >= 4 is 21.4 Å². The molecule has 0 atom stereocenters. The summed E-state index contributed by atoms with van der Waals surface area (Å²) < 4.78 is 29.0. The number of halogens is 3. The molecule has 0 spiro atoms. The van der Waals surface area contributed by atoms with Gasteiger partial charge >= 0.3 is 0 Å².